The van der Waals surface area contributed by atoms with Crippen LogP contribution in [0.25, 0.3) is 49.5 Å². The van der Waals surface area contributed by atoms with Gasteiger partial charge in [0.05, 0.1) is 16.6 Å². The van der Waals surface area contributed by atoms with Gasteiger partial charge >= 0.3 is 0 Å². The molecule has 0 amide bonds. The number of benzene rings is 5. The van der Waals surface area contributed by atoms with Crippen LogP contribution in [-0.4, -0.2) is 16.3 Å². The fraction of sp³-hybridized carbons (Fsp3) is 0. The summed E-state index contributed by atoms with van der Waals surface area (Å²) in [7, 11) is 0. The lowest BCUT2D eigenvalue weighted by Gasteiger charge is -2.27. The molecular formula is C33H21BN2. The van der Waals surface area contributed by atoms with E-state index in [9.17, 15) is 0 Å². The van der Waals surface area contributed by atoms with E-state index in [0.717, 1.165) is 5.52 Å². The van der Waals surface area contributed by atoms with E-state index in [1.807, 2.05) is 6.20 Å². The van der Waals surface area contributed by atoms with Crippen molar-refractivity contribution < 1.29 is 0 Å². The third-order valence-corrected chi connectivity index (χ3v) is 7.74. The van der Waals surface area contributed by atoms with Crippen LogP contribution in [-0.2, 0) is 0 Å². The Labute approximate surface area is 209 Å². The quantitative estimate of drug-likeness (QED) is 0.300. The lowest BCUT2D eigenvalue weighted by atomic mass is 9.34. The van der Waals surface area contributed by atoms with Gasteiger partial charge in [0.25, 0.3) is 0 Å². The molecule has 0 radical (unpaired) electrons. The Morgan fingerprint density at radius 3 is 1.97 bits per heavy atom. The number of hydrogen-bond donors (Lipinski definition) is 0. The fourth-order valence-electron chi connectivity index (χ4n) is 6.24. The number of rotatable bonds is 2. The van der Waals surface area contributed by atoms with Gasteiger partial charge in [0.2, 0.25) is 6.71 Å². The number of aromatic nitrogens is 2. The minimum absolute atomic E-state index is 0.175. The molecular weight excluding hydrogens is 435 g/mol. The van der Waals surface area contributed by atoms with Crippen LogP contribution in [0.4, 0.5) is 0 Å². The second-order valence-corrected chi connectivity index (χ2v) is 9.58. The molecule has 0 saturated heterocycles. The molecule has 8 rings (SSSR count). The Kier molecular flexibility index (Phi) is 4.06. The van der Waals surface area contributed by atoms with Crippen LogP contribution >= 0.6 is 0 Å². The van der Waals surface area contributed by atoms with Gasteiger partial charge in [-0.25, -0.2) is 0 Å². The molecule has 1 aliphatic rings. The zero-order valence-corrected chi connectivity index (χ0v) is 19.6. The van der Waals surface area contributed by atoms with Gasteiger partial charge in [-0.2, -0.15) is 0 Å². The SMILES string of the molecule is c1ccc2c(c1)B(c1ccc(-n3c4ccccc4c4ccccc43)cc1)c1cccc3nccc-2c13. The molecule has 2 nitrogen and oxygen atoms in total. The minimum atomic E-state index is 0.175. The van der Waals surface area contributed by atoms with Crippen LogP contribution in [0.1, 0.15) is 0 Å². The Morgan fingerprint density at radius 2 is 1.19 bits per heavy atom. The molecule has 2 aromatic heterocycles. The average molecular weight is 456 g/mol. The van der Waals surface area contributed by atoms with Gasteiger partial charge in [-0.1, -0.05) is 101 Å². The Bertz CT molecular complexity index is 1890. The highest BCUT2D eigenvalue weighted by Crippen LogP contribution is 2.32. The van der Waals surface area contributed by atoms with Crippen LogP contribution in [0.15, 0.2) is 128 Å². The van der Waals surface area contributed by atoms with Gasteiger partial charge in [0.1, 0.15) is 0 Å². The van der Waals surface area contributed by atoms with Crippen LogP contribution in [0.2, 0.25) is 0 Å². The van der Waals surface area contributed by atoms with E-state index in [2.05, 4.69) is 131 Å². The standard InChI is InChI=1S/C33H21BN2/c1-4-11-28-24(8-1)27-20-21-35-30-13-7-12-29(33(27)30)34(28)22-16-18-23(19-17-22)36-31-14-5-2-9-25(31)26-10-3-6-15-32(26)36/h1-21H. The first-order valence-corrected chi connectivity index (χ1v) is 12.4. The summed E-state index contributed by atoms with van der Waals surface area (Å²) in [5.74, 6) is 0. The van der Waals surface area contributed by atoms with E-state index in [0.29, 0.717) is 0 Å². The Morgan fingerprint density at radius 1 is 0.528 bits per heavy atom. The van der Waals surface area contributed by atoms with Crippen molar-refractivity contribution in [3.63, 3.8) is 0 Å². The second-order valence-electron chi connectivity index (χ2n) is 9.58. The molecule has 0 aliphatic carbocycles. The highest BCUT2D eigenvalue weighted by molar-refractivity contribution is 6.98. The molecule has 5 aromatic carbocycles. The van der Waals surface area contributed by atoms with Crippen molar-refractivity contribution in [2.24, 2.45) is 0 Å². The first-order chi connectivity index (χ1) is 17.9. The van der Waals surface area contributed by atoms with Gasteiger partial charge in [-0.3, -0.25) is 4.98 Å². The van der Waals surface area contributed by atoms with Gasteiger partial charge in [0, 0.05) is 28.0 Å². The second kappa shape index (κ2) is 7.43. The maximum Gasteiger partial charge on any atom is 0.242 e. The maximum absolute atomic E-state index is 4.69. The number of pyridine rings is 1. The molecule has 0 fully saturated rings. The average Bonchev–Trinajstić information content (AvgIpc) is 3.28. The Hall–Kier alpha value is -4.63. The predicted molar refractivity (Wildman–Crippen MR) is 153 cm³/mol. The van der Waals surface area contributed by atoms with Crippen molar-refractivity contribution in [2.75, 3.05) is 0 Å². The summed E-state index contributed by atoms with van der Waals surface area (Å²) in [4.78, 5) is 4.69. The number of fused-ring (bicyclic) bond motifs is 5. The van der Waals surface area contributed by atoms with Gasteiger partial charge in [-0.05, 0) is 47.5 Å². The van der Waals surface area contributed by atoms with Crippen molar-refractivity contribution in [1.29, 1.82) is 0 Å². The monoisotopic (exact) mass is 456 g/mol. The lowest BCUT2D eigenvalue weighted by molar-refractivity contribution is 1.18. The summed E-state index contributed by atoms with van der Waals surface area (Å²) >= 11 is 0. The molecule has 0 atom stereocenters. The zero-order valence-electron chi connectivity index (χ0n) is 19.6. The fourth-order valence-corrected chi connectivity index (χ4v) is 6.24. The molecule has 1 aliphatic heterocycles. The van der Waals surface area contributed by atoms with Crippen molar-refractivity contribution in [3.8, 4) is 16.8 Å². The molecule has 166 valence electrons. The maximum atomic E-state index is 4.69. The van der Waals surface area contributed by atoms with Crippen LogP contribution < -0.4 is 16.4 Å². The van der Waals surface area contributed by atoms with Crippen LogP contribution in [0, 0.1) is 0 Å². The largest absolute Gasteiger partial charge is 0.309 e. The molecule has 0 saturated carbocycles. The van der Waals surface area contributed by atoms with E-state index < -0.39 is 0 Å². The topological polar surface area (TPSA) is 17.8 Å². The third-order valence-electron chi connectivity index (χ3n) is 7.74. The summed E-state index contributed by atoms with van der Waals surface area (Å²) in [5.41, 5.74) is 11.3. The molecule has 3 heteroatoms. The van der Waals surface area contributed by atoms with Gasteiger partial charge in [0.15, 0.2) is 0 Å². The normalized spacial score (nSPS) is 12.4. The first-order valence-electron chi connectivity index (χ1n) is 12.4. The molecule has 0 spiro atoms. The van der Waals surface area contributed by atoms with Crippen molar-refractivity contribution in [2.45, 2.75) is 0 Å². The summed E-state index contributed by atoms with van der Waals surface area (Å²) in [6.45, 7) is 0.175. The molecule has 3 heterocycles. The van der Waals surface area contributed by atoms with Crippen molar-refractivity contribution in [3.05, 3.63) is 128 Å². The zero-order chi connectivity index (χ0) is 23.6. The number of para-hydroxylation sites is 2. The van der Waals surface area contributed by atoms with E-state index in [4.69, 9.17) is 0 Å². The molecule has 36 heavy (non-hydrogen) atoms. The molecule has 0 bridgehead atoms. The third kappa shape index (κ3) is 2.66. The van der Waals surface area contributed by atoms with Crippen molar-refractivity contribution in [1.82, 2.24) is 9.55 Å². The number of hydrogen-bond acceptors (Lipinski definition) is 1. The summed E-state index contributed by atoms with van der Waals surface area (Å²) in [5, 5.41) is 3.85. The van der Waals surface area contributed by atoms with Gasteiger partial charge in [-0.15, -0.1) is 0 Å². The molecule has 7 aromatic rings. The highest BCUT2D eigenvalue weighted by Gasteiger charge is 2.31. The Balaban J connectivity index is 1.34. The first kappa shape index (κ1) is 19.7. The van der Waals surface area contributed by atoms with E-state index in [1.165, 1.54) is 60.4 Å². The van der Waals surface area contributed by atoms with Gasteiger partial charge < -0.3 is 4.57 Å². The smallest absolute Gasteiger partial charge is 0.242 e. The van der Waals surface area contributed by atoms with E-state index in [-0.39, 0.29) is 6.71 Å². The predicted octanol–water partition coefficient (Wildman–Crippen LogP) is 5.83. The molecule has 0 N–H and O–H groups in total. The van der Waals surface area contributed by atoms with E-state index in [1.54, 1.807) is 0 Å². The summed E-state index contributed by atoms with van der Waals surface area (Å²) in [6.07, 6.45) is 1.93. The van der Waals surface area contributed by atoms with Crippen LogP contribution in [0.3, 0.4) is 0 Å². The summed E-state index contributed by atoms with van der Waals surface area (Å²) in [6, 6.07) is 44.0. The number of nitrogens with zero attached hydrogens (tertiary/aromatic N) is 2. The lowest BCUT2D eigenvalue weighted by Crippen LogP contribution is -2.54. The summed E-state index contributed by atoms with van der Waals surface area (Å²) < 4.78 is 2.38. The highest BCUT2D eigenvalue weighted by atomic mass is 15.0. The minimum Gasteiger partial charge on any atom is -0.309 e. The van der Waals surface area contributed by atoms with Crippen molar-refractivity contribution >= 4 is 55.8 Å². The molecule has 0 unspecified atom stereocenters. The van der Waals surface area contributed by atoms with E-state index >= 15 is 0 Å². The van der Waals surface area contributed by atoms with Crippen LogP contribution in [0.5, 0.6) is 0 Å².